The summed E-state index contributed by atoms with van der Waals surface area (Å²) in [5, 5.41) is 27.7. The number of hydrogen-bond donors (Lipinski definition) is 3. The van der Waals surface area contributed by atoms with Gasteiger partial charge in [-0.3, -0.25) is 15.0 Å². The van der Waals surface area contributed by atoms with Gasteiger partial charge in [0.2, 0.25) is 20.0 Å². The van der Waals surface area contributed by atoms with Crippen molar-refractivity contribution in [2.45, 2.75) is 93.4 Å². The highest BCUT2D eigenvalue weighted by Crippen LogP contribution is 2.36. The second-order valence-electron chi connectivity index (χ2n) is 21.5. The van der Waals surface area contributed by atoms with Crippen LogP contribution in [0.5, 0.6) is 0 Å². The van der Waals surface area contributed by atoms with Crippen LogP contribution >= 0.6 is 0 Å². The van der Waals surface area contributed by atoms with Crippen LogP contribution in [0.15, 0.2) is 55.0 Å². The fraction of sp³-hybridized carbons (Fsp3) is 0.491. The Bertz CT molecular complexity index is 3460. The summed E-state index contributed by atoms with van der Waals surface area (Å²) in [6.07, 6.45) is 14.0. The lowest BCUT2D eigenvalue weighted by Crippen LogP contribution is -2.39. The van der Waals surface area contributed by atoms with Crippen LogP contribution in [-0.4, -0.2) is 122 Å². The molecular weight excluding hydrogens is 1040 g/mol. The Hall–Kier alpha value is -6.04. The molecule has 0 spiro atoms. The largest absolute Gasteiger partial charge is 0.370 e. The van der Waals surface area contributed by atoms with E-state index in [1.165, 1.54) is 50.2 Å². The first-order valence-corrected chi connectivity index (χ1v) is 32.0. The average molecular weight is 1120 g/mol. The van der Waals surface area contributed by atoms with E-state index in [0.29, 0.717) is 55.7 Å². The fourth-order valence-electron chi connectivity index (χ4n) is 10.8. The van der Waals surface area contributed by atoms with E-state index in [-0.39, 0.29) is 0 Å². The molecule has 0 radical (unpaired) electrons. The van der Waals surface area contributed by atoms with E-state index < -0.39 is 30.3 Å². The lowest BCUT2D eigenvalue weighted by atomic mass is 10.0. The first kappa shape index (κ1) is 59.6. The lowest BCUT2D eigenvalue weighted by molar-refractivity contribution is 0.434. The zero-order valence-electron chi connectivity index (χ0n) is 46.6. The van der Waals surface area contributed by atoms with Gasteiger partial charge in [-0.15, -0.1) is 0 Å². The van der Waals surface area contributed by atoms with Crippen molar-refractivity contribution in [1.29, 1.82) is 10.5 Å². The molecule has 18 nitrogen and oxygen atoms in total. The van der Waals surface area contributed by atoms with Gasteiger partial charge in [-0.05, 0) is 181 Å². The summed E-state index contributed by atoms with van der Waals surface area (Å²) in [5.74, 6) is 0.625. The zero-order chi connectivity index (χ0) is 56.7. The zero-order valence-corrected chi connectivity index (χ0v) is 49.1. The van der Waals surface area contributed by atoms with E-state index in [2.05, 4.69) is 136 Å². The normalized spacial score (nSPS) is 18.0. The Morgan fingerprint density at radius 1 is 0.487 bits per heavy atom. The lowest BCUT2D eigenvalue weighted by Gasteiger charge is -2.26. The Balaban J connectivity index is 0.000000170. The molecule has 418 valence electrons. The van der Waals surface area contributed by atoms with Crippen molar-refractivity contribution in [3.05, 3.63) is 105 Å². The molecule has 0 saturated carbocycles. The number of aromatic nitrogens is 3. The molecule has 3 fully saturated rings. The van der Waals surface area contributed by atoms with Gasteiger partial charge < -0.3 is 14.7 Å². The third-order valence-electron chi connectivity index (χ3n) is 15.5. The highest BCUT2D eigenvalue weighted by molar-refractivity contribution is 7.89. The van der Waals surface area contributed by atoms with Gasteiger partial charge in [0.25, 0.3) is 10.2 Å². The summed E-state index contributed by atoms with van der Waals surface area (Å²) in [6.45, 7) is 21.1. The summed E-state index contributed by atoms with van der Waals surface area (Å²) >= 11 is 0. The van der Waals surface area contributed by atoms with E-state index >= 15 is 0 Å². The van der Waals surface area contributed by atoms with Crippen LogP contribution in [0.25, 0.3) is 32.7 Å². The molecule has 3 saturated heterocycles. The number of sulfonamides is 2. The van der Waals surface area contributed by atoms with Gasteiger partial charge in [-0.1, -0.05) is 0 Å². The molecule has 78 heavy (non-hydrogen) atoms. The number of rotatable bonds is 10. The predicted octanol–water partition coefficient (Wildman–Crippen LogP) is 7.63. The van der Waals surface area contributed by atoms with Gasteiger partial charge in [0.05, 0.1) is 57.3 Å². The minimum atomic E-state index is -3.63. The van der Waals surface area contributed by atoms with Gasteiger partial charge in [-0.2, -0.15) is 23.2 Å². The van der Waals surface area contributed by atoms with Gasteiger partial charge in [-0.25, -0.2) is 31.4 Å². The Morgan fingerprint density at radius 2 is 0.859 bits per heavy atom. The predicted molar refractivity (Wildman–Crippen MR) is 314 cm³/mol. The Morgan fingerprint density at radius 3 is 1.26 bits per heavy atom. The summed E-state index contributed by atoms with van der Waals surface area (Å²) in [6, 6.07) is 17.3. The standard InChI is InChI=1S/2C20H26N4O2S.C17H24N4O2S/c2*1-14-9-18-19(10-15(14)2)22-13-17(11-21)20(18)24-7-4-5-16(6-8-24)12-23-27(3,25)26;1-12-9-15-16(10-13(12)2)19-11-14(3)17(15)20-5-4-6-21(8-7-20)24(18,22)23/h2*9-10,13,16,23H,4-8,12H2,1-3H3;9-11H,4-8H2,1-3H3,(H2,18,22,23)/t2*16-;/m10./s1. The maximum atomic E-state index is 11.6. The average Bonchev–Trinajstić information content (AvgIpc) is 3.94. The van der Waals surface area contributed by atoms with Crippen LogP contribution < -0.4 is 29.3 Å². The molecule has 0 amide bonds. The van der Waals surface area contributed by atoms with Gasteiger partial charge in [0.15, 0.2) is 0 Å². The maximum Gasteiger partial charge on any atom is 0.276 e. The number of nitrogens with two attached hydrogens (primary N) is 1. The molecule has 4 N–H and O–H groups in total. The summed E-state index contributed by atoms with van der Waals surface area (Å²) in [4.78, 5) is 20.3. The summed E-state index contributed by atoms with van der Waals surface area (Å²) in [7, 11) is -9.95. The van der Waals surface area contributed by atoms with Crippen LogP contribution in [0.3, 0.4) is 0 Å². The SMILES string of the molecule is Cc1cc2ncc(C#N)c(N3CCC[C@@H](CNS(C)(=O)=O)CC3)c2cc1C.Cc1cc2ncc(C#N)c(N3CCC[C@H](CNS(C)(=O)=O)CC3)c2cc1C.Cc1cc2ncc(C)c(N3CCCN(S(N)(=O)=O)CC3)c2cc1C. The smallest absolute Gasteiger partial charge is 0.276 e. The van der Waals surface area contributed by atoms with Crippen molar-refractivity contribution < 1.29 is 25.3 Å². The Kier molecular flexibility index (Phi) is 19.4. The van der Waals surface area contributed by atoms with Crippen molar-refractivity contribution in [3.8, 4) is 12.1 Å². The van der Waals surface area contributed by atoms with Crippen LogP contribution in [-0.2, 0) is 30.3 Å². The van der Waals surface area contributed by atoms with E-state index in [0.717, 1.165) is 133 Å². The molecule has 0 bridgehead atoms. The fourth-order valence-corrected chi connectivity index (χ4v) is 12.6. The van der Waals surface area contributed by atoms with Gasteiger partial charge >= 0.3 is 0 Å². The number of benzene rings is 3. The molecule has 0 aliphatic carbocycles. The van der Waals surface area contributed by atoms with E-state index in [4.69, 9.17) is 5.14 Å². The topological polar surface area (TPSA) is 252 Å². The van der Waals surface area contributed by atoms with Crippen LogP contribution in [0.1, 0.15) is 95.0 Å². The first-order chi connectivity index (χ1) is 36.8. The molecule has 3 aromatic carbocycles. The number of nitrogens with zero attached hydrogens (tertiary/aromatic N) is 9. The molecule has 3 aromatic heterocycles. The number of aryl methyl sites for hydroxylation is 7. The van der Waals surface area contributed by atoms with Crippen molar-refractivity contribution in [3.63, 3.8) is 0 Å². The van der Waals surface area contributed by atoms with E-state index in [9.17, 15) is 35.8 Å². The third kappa shape index (κ3) is 15.2. The molecule has 21 heteroatoms. The molecule has 2 atom stereocenters. The highest BCUT2D eigenvalue weighted by Gasteiger charge is 2.26. The van der Waals surface area contributed by atoms with Gasteiger partial charge in [0, 0.05) is 100 Å². The van der Waals surface area contributed by atoms with Crippen molar-refractivity contribution in [2.24, 2.45) is 17.0 Å². The number of anilines is 3. The molecule has 3 aliphatic rings. The summed E-state index contributed by atoms with van der Waals surface area (Å²) in [5.41, 5.74) is 15.4. The Labute approximate surface area is 462 Å². The number of hydrogen-bond acceptors (Lipinski definition) is 14. The molecule has 3 aliphatic heterocycles. The second-order valence-corrected chi connectivity index (χ2v) is 26.7. The molecule has 6 aromatic rings. The van der Waals surface area contributed by atoms with E-state index in [1.807, 2.05) is 6.20 Å². The molecule has 9 rings (SSSR count). The van der Waals surface area contributed by atoms with Crippen LogP contribution in [0.2, 0.25) is 0 Å². The number of pyridine rings is 3. The number of fused-ring (bicyclic) bond motifs is 3. The monoisotopic (exact) mass is 1120 g/mol. The molecule has 6 heterocycles. The van der Waals surface area contributed by atoms with Crippen LogP contribution in [0, 0.1) is 83.0 Å². The first-order valence-electron chi connectivity index (χ1n) is 26.7. The number of nitrogens with one attached hydrogen (secondary N) is 2. The van der Waals surface area contributed by atoms with Crippen molar-refractivity contribution in [1.82, 2.24) is 28.7 Å². The maximum absolute atomic E-state index is 11.6. The minimum absolute atomic E-state index is 0.312. The molecule has 0 unspecified atom stereocenters. The van der Waals surface area contributed by atoms with E-state index in [1.54, 1.807) is 12.4 Å². The minimum Gasteiger partial charge on any atom is -0.370 e. The second kappa shape index (κ2) is 25.4. The quantitative estimate of drug-likeness (QED) is 0.119. The molecular formula is C57H76N12O6S3. The summed E-state index contributed by atoms with van der Waals surface area (Å²) < 4.78 is 75.3. The third-order valence-corrected chi connectivity index (χ3v) is 18.0. The van der Waals surface area contributed by atoms with Crippen LogP contribution in [0.4, 0.5) is 17.1 Å². The highest BCUT2D eigenvalue weighted by atomic mass is 32.2. The van der Waals surface area contributed by atoms with Crippen molar-refractivity contribution in [2.75, 3.05) is 92.7 Å². The van der Waals surface area contributed by atoms with Crippen molar-refractivity contribution >= 4 is 80.0 Å². The number of nitriles is 2. The van der Waals surface area contributed by atoms with Gasteiger partial charge in [0.1, 0.15) is 12.1 Å².